The summed E-state index contributed by atoms with van der Waals surface area (Å²) in [6.45, 7) is 1.95. The lowest BCUT2D eigenvalue weighted by Gasteiger charge is -2.10. The lowest BCUT2D eigenvalue weighted by Crippen LogP contribution is -2.00. The second kappa shape index (κ2) is 3.43. The Hall–Kier alpha value is -1.33. The van der Waals surface area contributed by atoms with Crippen LogP contribution in [0.4, 0.5) is 0 Å². The Morgan fingerprint density at radius 1 is 1.43 bits per heavy atom. The molecule has 2 rings (SSSR count). The van der Waals surface area contributed by atoms with Crippen LogP contribution in [0.15, 0.2) is 18.2 Å². The lowest BCUT2D eigenvalue weighted by molar-refractivity contribution is 0.154. The number of aryl methyl sites for hydroxylation is 1. The molecule has 2 nitrogen and oxygen atoms in total. The van der Waals surface area contributed by atoms with E-state index >= 15 is 0 Å². The van der Waals surface area contributed by atoms with Crippen LogP contribution in [0.5, 0.6) is 0 Å². The minimum atomic E-state index is -0.373. The molecule has 0 amide bonds. The van der Waals surface area contributed by atoms with Crippen LogP contribution in [0.25, 0.3) is 0 Å². The van der Waals surface area contributed by atoms with Crippen LogP contribution in [0.3, 0.4) is 0 Å². The Morgan fingerprint density at radius 3 is 2.71 bits per heavy atom. The van der Waals surface area contributed by atoms with Gasteiger partial charge in [-0.1, -0.05) is 6.07 Å². The zero-order chi connectivity index (χ0) is 10.1. The van der Waals surface area contributed by atoms with E-state index in [4.69, 9.17) is 5.26 Å². The van der Waals surface area contributed by atoms with Crippen LogP contribution in [0.2, 0.25) is 0 Å². The molecule has 0 aliphatic heterocycles. The molecule has 0 aromatic heterocycles. The second-order valence-corrected chi connectivity index (χ2v) is 4.03. The summed E-state index contributed by atoms with van der Waals surface area (Å²) in [6, 6.07) is 7.70. The molecule has 1 aliphatic rings. The van der Waals surface area contributed by atoms with Gasteiger partial charge in [0.1, 0.15) is 0 Å². The van der Waals surface area contributed by atoms with Crippen LogP contribution < -0.4 is 0 Å². The van der Waals surface area contributed by atoms with Gasteiger partial charge in [0.15, 0.2) is 0 Å². The summed E-state index contributed by atoms with van der Waals surface area (Å²) in [4.78, 5) is 0. The van der Waals surface area contributed by atoms with Crippen molar-refractivity contribution in [1.82, 2.24) is 0 Å². The van der Waals surface area contributed by atoms with Gasteiger partial charge in [-0.25, -0.2) is 0 Å². The smallest absolute Gasteiger partial charge is 0.0991 e. The largest absolute Gasteiger partial charge is 0.388 e. The topological polar surface area (TPSA) is 44.0 Å². The average Bonchev–Trinajstić information content (AvgIpc) is 2.99. The molecule has 0 spiro atoms. The van der Waals surface area contributed by atoms with Gasteiger partial charge in [-0.3, -0.25) is 0 Å². The van der Waals surface area contributed by atoms with E-state index in [1.807, 2.05) is 19.1 Å². The maximum Gasteiger partial charge on any atom is 0.0991 e. The molecule has 1 saturated carbocycles. The van der Waals surface area contributed by atoms with Crippen molar-refractivity contribution >= 4 is 0 Å². The molecule has 1 aromatic rings. The fourth-order valence-electron chi connectivity index (χ4n) is 1.73. The normalized spacial score (nSPS) is 17.5. The van der Waals surface area contributed by atoms with E-state index in [9.17, 15) is 5.11 Å². The highest BCUT2D eigenvalue weighted by Gasteiger charge is 2.30. The average molecular weight is 187 g/mol. The van der Waals surface area contributed by atoms with Crippen molar-refractivity contribution in [3.05, 3.63) is 34.9 Å². The third-order valence-corrected chi connectivity index (χ3v) is 2.64. The van der Waals surface area contributed by atoms with E-state index in [0.717, 1.165) is 24.0 Å². The van der Waals surface area contributed by atoms with Gasteiger partial charge < -0.3 is 5.11 Å². The number of nitriles is 1. The van der Waals surface area contributed by atoms with Crippen LogP contribution in [-0.2, 0) is 0 Å². The van der Waals surface area contributed by atoms with E-state index < -0.39 is 0 Å². The first-order valence-corrected chi connectivity index (χ1v) is 4.90. The van der Waals surface area contributed by atoms with E-state index in [1.54, 1.807) is 6.07 Å². The van der Waals surface area contributed by atoms with E-state index in [0.29, 0.717) is 11.5 Å². The first kappa shape index (κ1) is 9.23. The number of aliphatic hydroxyl groups is 1. The minimum Gasteiger partial charge on any atom is -0.388 e. The van der Waals surface area contributed by atoms with Crippen LogP contribution in [-0.4, -0.2) is 5.11 Å². The quantitative estimate of drug-likeness (QED) is 0.772. The van der Waals surface area contributed by atoms with Crippen LogP contribution in [0.1, 0.15) is 35.6 Å². The fraction of sp³-hybridized carbons (Fsp3) is 0.417. The van der Waals surface area contributed by atoms with Crippen molar-refractivity contribution in [2.75, 3.05) is 0 Å². The summed E-state index contributed by atoms with van der Waals surface area (Å²) in [6.07, 6.45) is 1.84. The number of rotatable bonds is 2. The summed E-state index contributed by atoms with van der Waals surface area (Å²) in [5.41, 5.74) is 2.57. The molecule has 1 unspecified atom stereocenters. The summed E-state index contributed by atoms with van der Waals surface area (Å²) >= 11 is 0. The van der Waals surface area contributed by atoms with Gasteiger partial charge in [0.2, 0.25) is 0 Å². The van der Waals surface area contributed by atoms with Gasteiger partial charge in [0.25, 0.3) is 0 Å². The number of hydrogen-bond donors (Lipinski definition) is 1. The van der Waals surface area contributed by atoms with Gasteiger partial charge in [-0.15, -0.1) is 0 Å². The van der Waals surface area contributed by atoms with Crippen LogP contribution in [0, 0.1) is 24.2 Å². The third kappa shape index (κ3) is 1.78. The molecule has 1 aromatic carbocycles. The molecular weight excluding hydrogens is 174 g/mol. The van der Waals surface area contributed by atoms with Crippen molar-refractivity contribution < 1.29 is 5.11 Å². The molecular formula is C12H13NO. The predicted octanol–water partition coefficient (Wildman–Crippen LogP) is 2.31. The molecule has 1 N–H and O–H groups in total. The van der Waals surface area contributed by atoms with Crippen molar-refractivity contribution in [2.45, 2.75) is 25.9 Å². The maximum atomic E-state index is 9.90. The molecule has 14 heavy (non-hydrogen) atoms. The molecule has 2 heteroatoms. The van der Waals surface area contributed by atoms with Gasteiger partial charge in [-0.2, -0.15) is 5.26 Å². The van der Waals surface area contributed by atoms with Gasteiger partial charge in [0.05, 0.1) is 17.7 Å². The van der Waals surface area contributed by atoms with Crippen molar-refractivity contribution in [3.8, 4) is 6.07 Å². The summed E-state index contributed by atoms with van der Waals surface area (Å²) < 4.78 is 0. The van der Waals surface area contributed by atoms with E-state index in [1.165, 1.54) is 0 Å². The van der Waals surface area contributed by atoms with E-state index in [-0.39, 0.29) is 6.10 Å². The molecule has 0 heterocycles. The highest BCUT2D eigenvalue weighted by atomic mass is 16.3. The predicted molar refractivity (Wildman–Crippen MR) is 53.6 cm³/mol. The third-order valence-electron chi connectivity index (χ3n) is 2.64. The molecule has 0 saturated heterocycles. The summed E-state index contributed by atoms with van der Waals surface area (Å²) in [5, 5.41) is 18.7. The maximum absolute atomic E-state index is 9.90. The molecule has 0 radical (unpaired) electrons. The van der Waals surface area contributed by atoms with Gasteiger partial charge >= 0.3 is 0 Å². The Balaban J connectivity index is 2.32. The van der Waals surface area contributed by atoms with Crippen molar-refractivity contribution in [3.63, 3.8) is 0 Å². The zero-order valence-electron chi connectivity index (χ0n) is 8.20. The number of hydrogen-bond acceptors (Lipinski definition) is 2. The first-order chi connectivity index (χ1) is 6.70. The number of benzene rings is 1. The number of aliphatic hydroxyl groups excluding tert-OH is 1. The van der Waals surface area contributed by atoms with Crippen molar-refractivity contribution in [2.24, 2.45) is 5.92 Å². The second-order valence-electron chi connectivity index (χ2n) is 4.03. The first-order valence-electron chi connectivity index (χ1n) is 4.90. The Labute approximate surface area is 83.8 Å². The molecule has 0 bridgehead atoms. The van der Waals surface area contributed by atoms with Gasteiger partial charge in [-0.05, 0) is 48.9 Å². The standard InChI is InChI=1S/C12H13NO/c1-8-4-9(7-13)6-11(5-8)12(14)10-2-3-10/h4-6,10,12,14H,2-3H2,1H3. The SMILES string of the molecule is Cc1cc(C#N)cc(C(O)C2CC2)c1. The van der Waals surface area contributed by atoms with Gasteiger partial charge in [0, 0.05) is 0 Å². The lowest BCUT2D eigenvalue weighted by atomic mass is 10.0. The monoisotopic (exact) mass is 187 g/mol. The molecule has 72 valence electrons. The summed E-state index contributed by atoms with van der Waals surface area (Å²) in [5.74, 6) is 0.420. The zero-order valence-corrected chi connectivity index (χ0v) is 8.20. The fourth-order valence-corrected chi connectivity index (χ4v) is 1.73. The minimum absolute atomic E-state index is 0.373. The Bertz CT molecular complexity index is 388. The molecule has 1 aliphatic carbocycles. The summed E-state index contributed by atoms with van der Waals surface area (Å²) in [7, 11) is 0. The number of nitrogens with zero attached hydrogens (tertiary/aromatic N) is 1. The van der Waals surface area contributed by atoms with Crippen LogP contribution >= 0.6 is 0 Å². The highest BCUT2D eigenvalue weighted by Crippen LogP contribution is 2.41. The Morgan fingerprint density at radius 2 is 2.14 bits per heavy atom. The molecule has 1 fully saturated rings. The van der Waals surface area contributed by atoms with Crippen molar-refractivity contribution in [1.29, 1.82) is 5.26 Å². The van der Waals surface area contributed by atoms with E-state index in [2.05, 4.69) is 6.07 Å². The molecule has 1 atom stereocenters. The Kier molecular flexibility index (Phi) is 2.26. The highest BCUT2D eigenvalue weighted by molar-refractivity contribution is 5.38.